The fourth-order valence-electron chi connectivity index (χ4n) is 4.62. The number of esters is 1. The summed E-state index contributed by atoms with van der Waals surface area (Å²) in [6.45, 7) is 1.85. The highest BCUT2D eigenvalue weighted by Crippen LogP contribution is 2.09. The lowest BCUT2D eigenvalue weighted by Crippen LogP contribution is -2.57. The van der Waals surface area contributed by atoms with Gasteiger partial charge in [-0.3, -0.25) is 9.59 Å². The summed E-state index contributed by atoms with van der Waals surface area (Å²) in [7, 11) is 0. The Labute approximate surface area is 261 Å². The number of nitrogens with one attached hydrogen (secondary N) is 4. The first-order valence-corrected chi connectivity index (χ1v) is 14.7. The molecule has 11 nitrogen and oxygen atoms in total. The van der Waals surface area contributed by atoms with Crippen LogP contribution in [0.25, 0.3) is 0 Å². The van der Waals surface area contributed by atoms with E-state index in [4.69, 9.17) is 9.47 Å². The van der Waals surface area contributed by atoms with E-state index in [9.17, 15) is 19.2 Å². The summed E-state index contributed by atoms with van der Waals surface area (Å²) in [6.07, 6.45) is 2.60. The molecule has 234 valence electrons. The largest absolute Gasteiger partial charge is 0.464 e. The highest BCUT2D eigenvalue weighted by Gasteiger charge is 2.31. The van der Waals surface area contributed by atoms with Crippen LogP contribution in [0.4, 0.5) is 4.79 Å². The number of amides is 3. The molecule has 4 aromatic rings. The molecule has 0 spiro atoms. The minimum absolute atomic E-state index is 0.0147. The van der Waals surface area contributed by atoms with Crippen molar-refractivity contribution < 1.29 is 28.7 Å². The van der Waals surface area contributed by atoms with Gasteiger partial charge >= 0.3 is 12.1 Å². The third kappa shape index (κ3) is 10.6. The van der Waals surface area contributed by atoms with Crippen LogP contribution < -0.4 is 16.0 Å². The first-order chi connectivity index (χ1) is 21.9. The van der Waals surface area contributed by atoms with E-state index in [0.29, 0.717) is 5.69 Å². The van der Waals surface area contributed by atoms with Gasteiger partial charge in [0.25, 0.3) is 0 Å². The number of nitrogens with zero attached hydrogens (tertiary/aromatic N) is 1. The molecule has 0 aliphatic rings. The van der Waals surface area contributed by atoms with Gasteiger partial charge in [-0.2, -0.15) is 0 Å². The maximum Gasteiger partial charge on any atom is 0.408 e. The Morgan fingerprint density at radius 2 is 1.18 bits per heavy atom. The van der Waals surface area contributed by atoms with Gasteiger partial charge in [-0.1, -0.05) is 91.0 Å². The lowest BCUT2D eigenvalue weighted by atomic mass is 10.0. The van der Waals surface area contributed by atoms with Crippen molar-refractivity contribution in [3.63, 3.8) is 0 Å². The van der Waals surface area contributed by atoms with Crippen molar-refractivity contribution in [3.05, 3.63) is 126 Å². The minimum Gasteiger partial charge on any atom is -0.464 e. The van der Waals surface area contributed by atoms with Crippen molar-refractivity contribution in [1.82, 2.24) is 25.9 Å². The number of H-pyrrole nitrogens is 1. The number of carbonyl (C=O) groups is 4. The van der Waals surface area contributed by atoms with Gasteiger partial charge in [0, 0.05) is 31.2 Å². The van der Waals surface area contributed by atoms with Crippen LogP contribution in [0.5, 0.6) is 0 Å². The Morgan fingerprint density at radius 1 is 0.667 bits per heavy atom. The number of benzene rings is 3. The Morgan fingerprint density at radius 3 is 1.71 bits per heavy atom. The van der Waals surface area contributed by atoms with Crippen LogP contribution in [0.3, 0.4) is 0 Å². The smallest absolute Gasteiger partial charge is 0.408 e. The van der Waals surface area contributed by atoms with Crippen molar-refractivity contribution in [2.45, 2.75) is 50.9 Å². The second-order valence-electron chi connectivity index (χ2n) is 10.3. The molecule has 0 fully saturated rings. The molecule has 0 radical (unpaired) electrons. The molecular weight excluding hydrogens is 574 g/mol. The standard InChI is InChI=1S/C34H37N5O6/c1-2-44-33(42)30(19-25-14-8-4-9-15-25)38-31(40)28(18-24-12-6-3-7-13-24)37-32(41)29(20-27-21-35-23-36-27)39-34(43)45-22-26-16-10-5-11-17-26/h3-17,21,23,28-30H,2,18-20,22H2,1H3,(H,35,36)(H,37,41)(H,38,40)(H,39,43)/t28-,29-,30+/m1/s1. The lowest BCUT2D eigenvalue weighted by molar-refractivity contribution is -0.147. The minimum atomic E-state index is -1.11. The Kier molecular flexibility index (Phi) is 12.3. The van der Waals surface area contributed by atoms with Gasteiger partial charge in [-0.15, -0.1) is 0 Å². The monoisotopic (exact) mass is 611 g/mol. The molecule has 0 saturated carbocycles. The molecule has 0 unspecified atom stereocenters. The third-order valence-corrected chi connectivity index (χ3v) is 6.89. The molecule has 0 aliphatic carbocycles. The van der Waals surface area contributed by atoms with E-state index >= 15 is 0 Å². The van der Waals surface area contributed by atoms with Gasteiger partial charge in [-0.05, 0) is 23.6 Å². The fraction of sp³-hybridized carbons (Fsp3) is 0.265. The third-order valence-electron chi connectivity index (χ3n) is 6.89. The van der Waals surface area contributed by atoms with Gasteiger partial charge in [0.2, 0.25) is 11.8 Å². The van der Waals surface area contributed by atoms with Gasteiger partial charge in [0.05, 0.1) is 12.9 Å². The summed E-state index contributed by atoms with van der Waals surface area (Å²) >= 11 is 0. The van der Waals surface area contributed by atoms with E-state index in [1.807, 2.05) is 91.0 Å². The zero-order chi connectivity index (χ0) is 31.9. The number of hydrogen-bond donors (Lipinski definition) is 4. The number of carbonyl (C=O) groups excluding carboxylic acids is 4. The maximum absolute atomic E-state index is 13.8. The first-order valence-electron chi connectivity index (χ1n) is 14.7. The molecule has 0 bridgehead atoms. The summed E-state index contributed by atoms with van der Waals surface area (Å²) in [5, 5.41) is 8.19. The van der Waals surface area contributed by atoms with E-state index in [1.165, 1.54) is 6.33 Å². The normalized spacial score (nSPS) is 12.6. The van der Waals surface area contributed by atoms with Crippen molar-refractivity contribution in [1.29, 1.82) is 0 Å². The highest BCUT2D eigenvalue weighted by molar-refractivity contribution is 5.93. The van der Waals surface area contributed by atoms with Gasteiger partial charge < -0.3 is 30.4 Å². The van der Waals surface area contributed by atoms with Crippen LogP contribution >= 0.6 is 0 Å². The van der Waals surface area contributed by atoms with E-state index in [-0.39, 0.29) is 32.5 Å². The number of imidazole rings is 1. The van der Waals surface area contributed by atoms with Gasteiger partial charge in [0.1, 0.15) is 24.7 Å². The van der Waals surface area contributed by atoms with Crippen LogP contribution in [0, 0.1) is 0 Å². The van der Waals surface area contributed by atoms with E-state index < -0.39 is 42.0 Å². The lowest BCUT2D eigenvalue weighted by Gasteiger charge is -2.25. The molecule has 4 N–H and O–H groups in total. The summed E-state index contributed by atoms with van der Waals surface area (Å²) in [5.74, 6) is -1.78. The van der Waals surface area contributed by atoms with Crippen molar-refractivity contribution in [3.8, 4) is 0 Å². The molecule has 0 saturated heterocycles. The molecule has 1 heterocycles. The molecule has 11 heteroatoms. The number of rotatable bonds is 15. The predicted octanol–water partition coefficient (Wildman–Crippen LogP) is 3.27. The molecule has 1 aromatic heterocycles. The Bertz CT molecular complexity index is 1500. The number of alkyl carbamates (subject to hydrolysis) is 1. The molecule has 4 rings (SSSR count). The Hall–Kier alpha value is -5.45. The van der Waals surface area contributed by atoms with Crippen LogP contribution in [-0.4, -0.2) is 58.6 Å². The topological polar surface area (TPSA) is 152 Å². The van der Waals surface area contributed by atoms with E-state index in [0.717, 1.165) is 16.7 Å². The highest BCUT2D eigenvalue weighted by atomic mass is 16.5. The second kappa shape index (κ2) is 17.0. The molecule has 0 aliphatic heterocycles. The van der Waals surface area contributed by atoms with E-state index in [2.05, 4.69) is 25.9 Å². The van der Waals surface area contributed by atoms with Crippen LogP contribution in [0.1, 0.15) is 29.3 Å². The number of ether oxygens (including phenoxy) is 2. The quantitative estimate of drug-likeness (QED) is 0.151. The zero-order valence-corrected chi connectivity index (χ0v) is 25.0. The van der Waals surface area contributed by atoms with Crippen LogP contribution in [-0.2, 0) is 49.7 Å². The van der Waals surface area contributed by atoms with Crippen LogP contribution in [0.2, 0.25) is 0 Å². The van der Waals surface area contributed by atoms with Crippen molar-refractivity contribution >= 4 is 23.9 Å². The van der Waals surface area contributed by atoms with Crippen molar-refractivity contribution in [2.75, 3.05) is 6.61 Å². The molecule has 45 heavy (non-hydrogen) atoms. The van der Waals surface area contributed by atoms with Gasteiger partial charge in [0.15, 0.2) is 0 Å². The average molecular weight is 612 g/mol. The maximum atomic E-state index is 13.8. The summed E-state index contributed by atoms with van der Waals surface area (Å²) < 4.78 is 10.6. The fourth-order valence-corrected chi connectivity index (χ4v) is 4.62. The SMILES string of the molecule is CCOC(=O)[C@H](Cc1ccccc1)NC(=O)[C@@H](Cc1ccccc1)NC(=O)[C@@H](Cc1cnc[nH]1)NC(=O)OCc1ccccc1. The molecule has 3 atom stereocenters. The predicted molar refractivity (Wildman–Crippen MR) is 167 cm³/mol. The number of aromatic amines is 1. The molecule has 3 aromatic carbocycles. The van der Waals surface area contributed by atoms with E-state index in [1.54, 1.807) is 13.1 Å². The second-order valence-corrected chi connectivity index (χ2v) is 10.3. The average Bonchev–Trinajstić information content (AvgIpc) is 3.57. The van der Waals surface area contributed by atoms with Gasteiger partial charge in [-0.25, -0.2) is 14.6 Å². The van der Waals surface area contributed by atoms with Crippen molar-refractivity contribution in [2.24, 2.45) is 0 Å². The summed E-state index contributed by atoms with van der Waals surface area (Å²) in [6, 6.07) is 24.4. The molecule has 3 amide bonds. The molecular formula is C34H37N5O6. The van der Waals surface area contributed by atoms with Crippen LogP contribution in [0.15, 0.2) is 104 Å². The number of aromatic nitrogens is 2. The zero-order valence-electron chi connectivity index (χ0n) is 25.0. The summed E-state index contributed by atoms with van der Waals surface area (Å²) in [4.78, 5) is 60.0. The number of hydrogen-bond acceptors (Lipinski definition) is 7. The first kappa shape index (κ1) is 32.5. The summed E-state index contributed by atoms with van der Waals surface area (Å²) in [5.41, 5.74) is 2.99. The Balaban J connectivity index is 1.51.